The van der Waals surface area contributed by atoms with Crippen molar-refractivity contribution in [3.8, 4) is 0 Å². The molecule has 20 heavy (non-hydrogen) atoms. The lowest BCUT2D eigenvalue weighted by Gasteiger charge is -2.30. The molecule has 0 aromatic heterocycles. The van der Waals surface area contributed by atoms with Crippen LogP contribution in [0.25, 0.3) is 0 Å². The van der Waals surface area contributed by atoms with Crippen LogP contribution in [-0.4, -0.2) is 42.1 Å². The number of rotatable bonds is 3. The van der Waals surface area contributed by atoms with Crippen LogP contribution in [0.2, 0.25) is 0 Å². The summed E-state index contributed by atoms with van der Waals surface area (Å²) in [7, 11) is 0. The highest BCUT2D eigenvalue weighted by Crippen LogP contribution is 2.25. The van der Waals surface area contributed by atoms with E-state index in [1.165, 1.54) is 4.90 Å². The van der Waals surface area contributed by atoms with Crippen LogP contribution in [0.3, 0.4) is 0 Å². The predicted octanol–water partition coefficient (Wildman–Crippen LogP) is 1.63. The lowest BCUT2D eigenvalue weighted by atomic mass is 9.94. The van der Waals surface area contributed by atoms with E-state index in [1.807, 2.05) is 0 Å². The van der Waals surface area contributed by atoms with E-state index in [0.29, 0.717) is 19.4 Å². The normalized spacial score (nSPS) is 20.1. The summed E-state index contributed by atoms with van der Waals surface area (Å²) in [5.41, 5.74) is 1.12. The molecule has 1 aliphatic heterocycles. The number of alkyl halides is 3. The number of carbonyl (C=O) groups excluding carboxylic acids is 2. The van der Waals surface area contributed by atoms with Gasteiger partial charge in [-0.15, -0.1) is 0 Å². The molecule has 0 spiro atoms. The van der Waals surface area contributed by atoms with Gasteiger partial charge in [0.1, 0.15) is 6.04 Å². The molecular formula is C12H19F3N2O3. The molecule has 1 saturated heterocycles. The number of hydrogen-bond acceptors (Lipinski definition) is 3. The molecule has 2 amide bonds. The van der Waals surface area contributed by atoms with Gasteiger partial charge in [-0.3, -0.25) is 14.4 Å². The molecule has 8 heteroatoms. The van der Waals surface area contributed by atoms with Gasteiger partial charge in [-0.2, -0.15) is 13.2 Å². The third kappa shape index (κ3) is 4.66. The van der Waals surface area contributed by atoms with Crippen molar-refractivity contribution in [3.05, 3.63) is 0 Å². The lowest BCUT2D eigenvalue weighted by molar-refractivity contribution is -0.193. The van der Waals surface area contributed by atoms with E-state index in [4.69, 9.17) is 0 Å². The summed E-state index contributed by atoms with van der Waals surface area (Å²) < 4.78 is 35.7. The van der Waals surface area contributed by atoms with E-state index in [9.17, 15) is 22.8 Å². The Kier molecular flexibility index (Phi) is 5.01. The molecule has 1 aliphatic rings. The minimum atomic E-state index is -4.51. The van der Waals surface area contributed by atoms with Crippen molar-refractivity contribution in [1.82, 2.24) is 10.4 Å². The van der Waals surface area contributed by atoms with Crippen molar-refractivity contribution in [3.63, 3.8) is 0 Å². The molecule has 1 unspecified atom stereocenters. The predicted molar refractivity (Wildman–Crippen MR) is 64.3 cm³/mol. The summed E-state index contributed by atoms with van der Waals surface area (Å²) in [6.07, 6.45) is -3.45. The second-order valence-corrected chi connectivity index (χ2v) is 5.78. The SMILES string of the molecule is CC(C)(C)C(=O)N1CCCC1C(=O)NOCC(F)(F)F. The highest BCUT2D eigenvalue weighted by molar-refractivity contribution is 5.89. The highest BCUT2D eigenvalue weighted by Gasteiger charge is 2.39. The van der Waals surface area contributed by atoms with Gasteiger partial charge in [0.15, 0.2) is 6.61 Å². The van der Waals surface area contributed by atoms with E-state index < -0.39 is 30.1 Å². The fourth-order valence-corrected chi connectivity index (χ4v) is 1.97. The van der Waals surface area contributed by atoms with Crippen molar-refractivity contribution in [1.29, 1.82) is 0 Å². The third-order valence-corrected chi connectivity index (χ3v) is 2.87. The molecular weight excluding hydrogens is 277 g/mol. The first kappa shape index (κ1) is 16.7. The lowest BCUT2D eigenvalue weighted by Crippen LogP contribution is -2.49. The summed E-state index contributed by atoms with van der Waals surface area (Å²) >= 11 is 0. The standard InChI is InChI=1S/C12H19F3N2O3/c1-11(2,3)10(19)17-6-4-5-8(17)9(18)16-20-7-12(13,14)15/h8H,4-7H2,1-3H3,(H,16,18). The van der Waals surface area contributed by atoms with Crippen LogP contribution < -0.4 is 5.48 Å². The topological polar surface area (TPSA) is 58.6 Å². The number of likely N-dealkylation sites (tertiary alicyclic amines) is 1. The molecule has 0 aromatic rings. The number of nitrogens with zero attached hydrogens (tertiary/aromatic N) is 1. The Morgan fingerprint density at radius 2 is 1.90 bits per heavy atom. The van der Waals surface area contributed by atoms with Gasteiger partial charge in [0.2, 0.25) is 5.91 Å². The maximum atomic E-state index is 12.1. The van der Waals surface area contributed by atoms with Gasteiger partial charge in [0.25, 0.3) is 5.91 Å². The zero-order valence-electron chi connectivity index (χ0n) is 11.7. The van der Waals surface area contributed by atoms with Gasteiger partial charge >= 0.3 is 6.18 Å². The average molecular weight is 296 g/mol. The molecule has 0 radical (unpaired) electrons. The molecule has 1 heterocycles. The zero-order chi connectivity index (χ0) is 15.6. The molecule has 0 bridgehead atoms. The Morgan fingerprint density at radius 3 is 2.40 bits per heavy atom. The molecule has 1 rings (SSSR count). The second-order valence-electron chi connectivity index (χ2n) is 5.78. The highest BCUT2D eigenvalue weighted by atomic mass is 19.4. The van der Waals surface area contributed by atoms with Gasteiger partial charge in [0.05, 0.1) is 0 Å². The minimum absolute atomic E-state index is 0.203. The molecule has 1 atom stereocenters. The van der Waals surface area contributed by atoms with Crippen molar-refractivity contribution in [2.24, 2.45) is 5.41 Å². The Balaban J connectivity index is 2.57. The molecule has 0 aromatic carbocycles. The van der Waals surface area contributed by atoms with Crippen LogP contribution in [0.1, 0.15) is 33.6 Å². The van der Waals surface area contributed by atoms with E-state index in [1.54, 1.807) is 26.3 Å². The van der Waals surface area contributed by atoms with Crippen molar-refractivity contribution in [2.75, 3.05) is 13.2 Å². The average Bonchev–Trinajstić information content (AvgIpc) is 2.73. The van der Waals surface area contributed by atoms with Crippen LogP contribution in [0.15, 0.2) is 0 Å². The molecule has 0 aliphatic carbocycles. The van der Waals surface area contributed by atoms with E-state index in [-0.39, 0.29) is 5.91 Å². The van der Waals surface area contributed by atoms with Crippen molar-refractivity contribution in [2.45, 2.75) is 45.8 Å². The maximum absolute atomic E-state index is 12.1. The number of carbonyl (C=O) groups is 2. The Hall–Kier alpha value is -1.31. The van der Waals surface area contributed by atoms with Gasteiger partial charge < -0.3 is 4.90 Å². The van der Waals surface area contributed by atoms with Crippen LogP contribution in [0.5, 0.6) is 0 Å². The number of nitrogens with one attached hydrogen (secondary N) is 1. The van der Waals surface area contributed by atoms with Crippen LogP contribution >= 0.6 is 0 Å². The Bertz CT molecular complexity index is 377. The quantitative estimate of drug-likeness (QED) is 0.805. The Labute approximate surface area is 115 Å². The van der Waals surface area contributed by atoms with Crippen LogP contribution in [0.4, 0.5) is 13.2 Å². The van der Waals surface area contributed by atoms with Gasteiger partial charge in [0, 0.05) is 12.0 Å². The number of hydrogen-bond donors (Lipinski definition) is 1. The summed E-state index contributed by atoms with van der Waals surface area (Å²) in [5, 5.41) is 0. The number of halogens is 3. The van der Waals surface area contributed by atoms with Crippen molar-refractivity contribution < 1.29 is 27.6 Å². The summed E-state index contributed by atoms with van der Waals surface area (Å²) in [4.78, 5) is 29.4. The fourth-order valence-electron chi connectivity index (χ4n) is 1.97. The minimum Gasteiger partial charge on any atom is -0.330 e. The zero-order valence-corrected chi connectivity index (χ0v) is 11.7. The molecule has 1 fully saturated rings. The van der Waals surface area contributed by atoms with Crippen LogP contribution in [0, 0.1) is 5.41 Å². The van der Waals surface area contributed by atoms with Crippen LogP contribution in [-0.2, 0) is 14.4 Å². The largest absolute Gasteiger partial charge is 0.414 e. The Morgan fingerprint density at radius 1 is 1.30 bits per heavy atom. The second kappa shape index (κ2) is 5.99. The summed E-state index contributed by atoms with van der Waals surface area (Å²) in [6.45, 7) is 4.04. The maximum Gasteiger partial charge on any atom is 0.414 e. The van der Waals surface area contributed by atoms with Gasteiger partial charge in [-0.25, -0.2) is 5.48 Å². The van der Waals surface area contributed by atoms with E-state index in [0.717, 1.165) is 0 Å². The number of hydroxylamine groups is 1. The first-order valence-corrected chi connectivity index (χ1v) is 6.32. The molecule has 116 valence electrons. The summed E-state index contributed by atoms with van der Waals surface area (Å²) in [6, 6.07) is -0.769. The smallest absolute Gasteiger partial charge is 0.330 e. The van der Waals surface area contributed by atoms with E-state index in [2.05, 4.69) is 4.84 Å². The molecule has 5 nitrogen and oxygen atoms in total. The third-order valence-electron chi connectivity index (χ3n) is 2.87. The van der Waals surface area contributed by atoms with Crippen molar-refractivity contribution >= 4 is 11.8 Å². The van der Waals surface area contributed by atoms with E-state index >= 15 is 0 Å². The van der Waals surface area contributed by atoms with Gasteiger partial charge in [-0.1, -0.05) is 20.8 Å². The fraction of sp³-hybridized carbons (Fsp3) is 0.833. The first-order valence-electron chi connectivity index (χ1n) is 6.32. The molecule has 1 N–H and O–H groups in total. The number of amides is 2. The molecule has 0 saturated carbocycles. The first-order chi connectivity index (χ1) is 9.02. The monoisotopic (exact) mass is 296 g/mol. The van der Waals surface area contributed by atoms with Gasteiger partial charge in [-0.05, 0) is 12.8 Å². The summed E-state index contributed by atoms with van der Waals surface area (Å²) in [5.74, 6) is -0.921.